The normalized spacial score (nSPS) is 23.2. The lowest BCUT2D eigenvalue weighted by Gasteiger charge is -2.29. The molecular formula is C24H20N2O4. The van der Waals surface area contributed by atoms with Crippen molar-refractivity contribution in [1.29, 1.82) is 0 Å². The molecule has 0 unspecified atom stereocenters. The maximum atomic E-state index is 13.5. The molecule has 150 valence electrons. The molecule has 0 radical (unpaired) electrons. The van der Waals surface area contributed by atoms with Gasteiger partial charge in [-0.05, 0) is 36.8 Å². The first kappa shape index (κ1) is 18.4. The van der Waals surface area contributed by atoms with E-state index in [1.54, 1.807) is 41.5 Å². The largest absolute Gasteiger partial charge is 0.508 e. The molecule has 0 aliphatic carbocycles. The third kappa shape index (κ3) is 2.69. The van der Waals surface area contributed by atoms with E-state index < -0.39 is 24.0 Å². The zero-order chi connectivity index (χ0) is 20.8. The number of rotatable bonds is 3. The number of phenolic OH excluding ortho intramolecular Hbond substituents is 1. The van der Waals surface area contributed by atoms with Crippen molar-refractivity contribution in [3.63, 3.8) is 0 Å². The number of fused-ring (bicyclic) bond motifs is 1. The Kier molecular flexibility index (Phi) is 4.29. The lowest BCUT2D eigenvalue weighted by atomic mass is 9.90. The van der Waals surface area contributed by atoms with Crippen molar-refractivity contribution in [1.82, 2.24) is 0 Å². The van der Waals surface area contributed by atoms with Gasteiger partial charge < -0.3 is 5.11 Å². The van der Waals surface area contributed by atoms with Crippen LogP contribution in [0, 0.1) is 12.8 Å². The minimum atomic E-state index is -0.957. The smallest absolute Gasteiger partial charge is 0.266 e. The summed E-state index contributed by atoms with van der Waals surface area (Å²) in [4.78, 5) is 34.1. The van der Waals surface area contributed by atoms with E-state index in [4.69, 9.17) is 4.84 Å². The Labute approximate surface area is 173 Å². The highest BCUT2D eigenvalue weighted by molar-refractivity contribution is 6.24. The minimum Gasteiger partial charge on any atom is -0.508 e. The fourth-order valence-corrected chi connectivity index (χ4v) is 4.32. The molecule has 3 aromatic carbocycles. The van der Waals surface area contributed by atoms with Gasteiger partial charge in [-0.2, -0.15) is 0 Å². The summed E-state index contributed by atoms with van der Waals surface area (Å²) >= 11 is 0. The Morgan fingerprint density at radius 1 is 0.833 bits per heavy atom. The lowest BCUT2D eigenvalue weighted by molar-refractivity contribution is -0.126. The first-order valence-corrected chi connectivity index (χ1v) is 9.80. The molecule has 2 fully saturated rings. The number of imide groups is 1. The van der Waals surface area contributed by atoms with Gasteiger partial charge in [0.15, 0.2) is 6.10 Å². The highest BCUT2D eigenvalue weighted by atomic mass is 16.7. The summed E-state index contributed by atoms with van der Waals surface area (Å²) in [5.74, 6) is -1.43. The number of hydrogen-bond donors (Lipinski definition) is 1. The van der Waals surface area contributed by atoms with Gasteiger partial charge in [0.25, 0.3) is 5.91 Å². The van der Waals surface area contributed by atoms with Crippen molar-refractivity contribution >= 4 is 23.2 Å². The number of amides is 2. The molecular weight excluding hydrogens is 380 g/mol. The highest BCUT2D eigenvalue weighted by Crippen LogP contribution is 2.49. The zero-order valence-corrected chi connectivity index (χ0v) is 16.3. The number of carbonyl (C=O) groups is 2. The molecule has 0 saturated carbocycles. The molecule has 30 heavy (non-hydrogen) atoms. The standard InChI is InChI=1S/C24H20N2O4/c1-15-9-5-7-13-18(15)25-23(28)20-21(17-12-6-8-14-19(17)27)26(30-22(20)24(25)29)16-10-3-2-4-11-16/h2-14,20-22,27H,1H3/t20-,21-,22-/m1/s1. The highest BCUT2D eigenvalue weighted by Gasteiger charge is 2.60. The second-order valence-electron chi connectivity index (χ2n) is 7.52. The minimum absolute atomic E-state index is 0.0577. The van der Waals surface area contributed by atoms with Crippen LogP contribution in [-0.2, 0) is 14.4 Å². The third-order valence-corrected chi connectivity index (χ3v) is 5.74. The Morgan fingerprint density at radius 2 is 1.50 bits per heavy atom. The summed E-state index contributed by atoms with van der Waals surface area (Å²) in [6.07, 6.45) is -0.957. The molecule has 2 aliphatic heterocycles. The van der Waals surface area contributed by atoms with Crippen LogP contribution >= 0.6 is 0 Å². The van der Waals surface area contributed by atoms with E-state index in [1.165, 1.54) is 4.90 Å². The van der Waals surface area contributed by atoms with E-state index in [2.05, 4.69) is 0 Å². The van der Waals surface area contributed by atoms with Gasteiger partial charge in [-0.3, -0.25) is 14.4 Å². The Bertz CT molecular complexity index is 1130. The van der Waals surface area contributed by atoms with Crippen molar-refractivity contribution in [3.8, 4) is 5.75 Å². The molecule has 6 nitrogen and oxygen atoms in total. The first-order valence-electron chi connectivity index (χ1n) is 9.80. The van der Waals surface area contributed by atoms with Crippen LogP contribution < -0.4 is 9.96 Å². The van der Waals surface area contributed by atoms with Crippen LogP contribution in [0.15, 0.2) is 78.9 Å². The number of carbonyl (C=O) groups excluding carboxylic acids is 2. The van der Waals surface area contributed by atoms with E-state index in [9.17, 15) is 14.7 Å². The summed E-state index contributed by atoms with van der Waals surface area (Å²) in [5.41, 5.74) is 2.65. The van der Waals surface area contributed by atoms with Gasteiger partial charge in [0.2, 0.25) is 5.91 Å². The van der Waals surface area contributed by atoms with Gasteiger partial charge in [0, 0.05) is 5.56 Å². The Balaban J connectivity index is 1.62. The first-order chi connectivity index (χ1) is 14.6. The summed E-state index contributed by atoms with van der Waals surface area (Å²) < 4.78 is 0. The monoisotopic (exact) mass is 400 g/mol. The fraction of sp³-hybridized carbons (Fsp3) is 0.167. The predicted molar refractivity (Wildman–Crippen MR) is 112 cm³/mol. The van der Waals surface area contributed by atoms with Gasteiger partial charge in [-0.1, -0.05) is 54.6 Å². The third-order valence-electron chi connectivity index (χ3n) is 5.74. The number of phenols is 1. The Hall–Kier alpha value is -3.64. The lowest BCUT2D eigenvalue weighted by Crippen LogP contribution is -2.37. The van der Waals surface area contributed by atoms with Crippen molar-refractivity contribution in [2.45, 2.75) is 19.1 Å². The van der Waals surface area contributed by atoms with Crippen LogP contribution in [0.1, 0.15) is 17.2 Å². The average molecular weight is 400 g/mol. The van der Waals surface area contributed by atoms with Crippen LogP contribution in [0.25, 0.3) is 0 Å². The van der Waals surface area contributed by atoms with Gasteiger partial charge in [0.1, 0.15) is 11.7 Å². The predicted octanol–water partition coefficient (Wildman–Crippen LogP) is 3.75. The Morgan fingerprint density at radius 3 is 2.23 bits per heavy atom. The number of anilines is 2. The molecule has 0 spiro atoms. The maximum Gasteiger partial charge on any atom is 0.266 e. The number of para-hydroxylation sites is 3. The molecule has 0 bridgehead atoms. The van der Waals surface area contributed by atoms with Crippen molar-refractivity contribution in [2.75, 3.05) is 9.96 Å². The number of aromatic hydroxyl groups is 1. The summed E-state index contributed by atoms with van der Waals surface area (Å²) in [6, 6.07) is 22.8. The van der Waals surface area contributed by atoms with Crippen LogP contribution in [0.3, 0.4) is 0 Å². The second kappa shape index (κ2) is 7.00. The molecule has 6 heteroatoms. The number of hydroxylamine groups is 1. The van der Waals surface area contributed by atoms with Crippen LogP contribution in [-0.4, -0.2) is 23.0 Å². The average Bonchev–Trinajstić information content (AvgIpc) is 3.26. The van der Waals surface area contributed by atoms with E-state index >= 15 is 0 Å². The number of benzene rings is 3. The van der Waals surface area contributed by atoms with E-state index in [-0.39, 0.29) is 11.7 Å². The molecule has 2 amide bonds. The molecule has 3 aromatic rings. The van der Waals surface area contributed by atoms with Crippen LogP contribution in [0.4, 0.5) is 11.4 Å². The number of nitrogens with zero attached hydrogens (tertiary/aromatic N) is 2. The quantitative estimate of drug-likeness (QED) is 0.678. The van der Waals surface area contributed by atoms with Gasteiger partial charge in [-0.15, -0.1) is 0 Å². The number of hydrogen-bond acceptors (Lipinski definition) is 5. The van der Waals surface area contributed by atoms with Crippen molar-refractivity contribution < 1.29 is 19.5 Å². The molecule has 5 rings (SSSR count). The van der Waals surface area contributed by atoms with E-state index in [1.807, 2.05) is 49.4 Å². The topological polar surface area (TPSA) is 70.1 Å². The molecule has 2 heterocycles. The molecule has 2 saturated heterocycles. The molecule has 3 atom stereocenters. The van der Waals surface area contributed by atoms with E-state index in [0.29, 0.717) is 16.9 Å². The van der Waals surface area contributed by atoms with Crippen molar-refractivity contribution in [3.05, 3.63) is 90.0 Å². The second-order valence-corrected chi connectivity index (χ2v) is 7.52. The SMILES string of the molecule is Cc1ccccc1N1C(=O)[C@@H]2[C@@H](c3ccccc3O)N(c3ccccc3)O[C@H]2C1=O. The fourth-order valence-electron chi connectivity index (χ4n) is 4.32. The summed E-state index contributed by atoms with van der Waals surface area (Å²) in [5, 5.41) is 12.1. The zero-order valence-electron chi connectivity index (χ0n) is 16.3. The van der Waals surface area contributed by atoms with Gasteiger partial charge in [0.05, 0.1) is 17.4 Å². The number of aryl methyl sites for hydroxylation is 1. The molecule has 2 aliphatic rings. The van der Waals surface area contributed by atoms with Crippen molar-refractivity contribution in [2.24, 2.45) is 5.92 Å². The van der Waals surface area contributed by atoms with Crippen LogP contribution in [0.2, 0.25) is 0 Å². The van der Waals surface area contributed by atoms with Gasteiger partial charge in [-0.25, -0.2) is 9.96 Å². The van der Waals surface area contributed by atoms with Crippen LogP contribution in [0.5, 0.6) is 5.75 Å². The summed E-state index contributed by atoms with van der Waals surface area (Å²) in [6.45, 7) is 1.86. The summed E-state index contributed by atoms with van der Waals surface area (Å²) in [7, 11) is 0. The van der Waals surface area contributed by atoms with Gasteiger partial charge >= 0.3 is 0 Å². The van der Waals surface area contributed by atoms with E-state index in [0.717, 1.165) is 5.56 Å². The molecule has 0 aromatic heterocycles. The molecule has 1 N–H and O–H groups in total. The maximum absolute atomic E-state index is 13.5.